The summed E-state index contributed by atoms with van der Waals surface area (Å²) in [6.07, 6.45) is 6.18. The Morgan fingerprint density at radius 1 is 0.800 bits per heavy atom. The van der Waals surface area contributed by atoms with E-state index in [0.717, 1.165) is 42.4 Å². The largest absolute Gasteiger partial charge is 0.352 e. The molecule has 3 aromatic carbocycles. The molecule has 0 heterocycles. The zero-order chi connectivity index (χ0) is 24.5. The Balaban J connectivity index is 1.63. The fourth-order valence-corrected chi connectivity index (χ4v) is 4.88. The van der Waals surface area contributed by atoms with Gasteiger partial charge in [0, 0.05) is 24.0 Å². The number of hydrogen-bond donors (Lipinski definition) is 1. The summed E-state index contributed by atoms with van der Waals surface area (Å²) in [6.45, 7) is 0.378. The smallest absolute Gasteiger partial charge is 0.243 e. The summed E-state index contributed by atoms with van der Waals surface area (Å²) < 4.78 is 0. The van der Waals surface area contributed by atoms with Gasteiger partial charge in [-0.25, -0.2) is 0 Å². The van der Waals surface area contributed by atoms with Gasteiger partial charge in [-0.1, -0.05) is 104 Å². The van der Waals surface area contributed by atoms with E-state index in [9.17, 15) is 9.59 Å². The normalized spacial score (nSPS) is 14.8. The first-order valence-corrected chi connectivity index (χ1v) is 12.9. The number of halogens is 1. The number of carbonyl (C=O) groups is 2. The van der Waals surface area contributed by atoms with E-state index in [1.54, 1.807) is 17.0 Å². The SMILES string of the molecule is O=C(NC1CCCCC1)C(Cc1ccccc1)N(Cc1ccccc1)C(=O)Cc1ccc(Cl)cc1. The highest BCUT2D eigenvalue weighted by Gasteiger charge is 2.31. The van der Waals surface area contributed by atoms with Gasteiger partial charge < -0.3 is 10.2 Å². The van der Waals surface area contributed by atoms with E-state index < -0.39 is 6.04 Å². The maximum Gasteiger partial charge on any atom is 0.243 e. The minimum atomic E-state index is -0.598. The Hall–Kier alpha value is -3.11. The van der Waals surface area contributed by atoms with E-state index in [2.05, 4.69) is 5.32 Å². The Labute approximate surface area is 213 Å². The van der Waals surface area contributed by atoms with Crippen molar-refractivity contribution in [2.24, 2.45) is 0 Å². The van der Waals surface area contributed by atoms with Crippen LogP contribution in [0.3, 0.4) is 0 Å². The van der Waals surface area contributed by atoms with Gasteiger partial charge in [-0.15, -0.1) is 0 Å². The van der Waals surface area contributed by atoms with Crippen LogP contribution in [0.4, 0.5) is 0 Å². The fourth-order valence-electron chi connectivity index (χ4n) is 4.76. The molecule has 1 saturated carbocycles. The molecule has 4 nitrogen and oxygen atoms in total. The van der Waals surface area contributed by atoms with Crippen molar-refractivity contribution in [3.63, 3.8) is 0 Å². The van der Waals surface area contributed by atoms with Gasteiger partial charge in [0.2, 0.25) is 11.8 Å². The first-order chi connectivity index (χ1) is 17.1. The number of benzene rings is 3. The first kappa shape index (κ1) is 25.0. The van der Waals surface area contributed by atoms with Crippen molar-refractivity contribution < 1.29 is 9.59 Å². The fraction of sp³-hybridized carbons (Fsp3) is 0.333. The highest BCUT2D eigenvalue weighted by atomic mass is 35.5. The molecule has 0 aliphatic heterocycles. The van der Waals surface area contributed by atoms with E-state index >= 15 is 0 Å². The summed E-state index contributed by atoms with van der Waals surface area (Å²) in [5.41, 5.74) is 2.91. The van der Waals surface area contributed by atoms with E-state index in [1.165, 1.54) is 6.42 Å². The van der Waals surface area contributed by atoms with Gasteiger partial charge >= 0.3 is 0 Å². The van der Waals surface area contributed by atoms with Crippen LogP contribution in [0.2, 0.25) is 5.02 Å². The van der Waals surface area contributed by atoms with E-state index in [1.807, 2.05) is 72.8 Å². The minimum Gasteiger partial charge on any atom is -0.352 e. The molecule has 5 heteroatoms. The van der Waals surface area contributed by atoms with E-state index in [0.29, 0.717) is 18.0 Å². The van der Waals surface area contributed by atoms with Crippen LogP contribution in [0.1, 0.15) is 48.8 Å². The lowest BCUT2D eigenvalue weighted by atomic mass is 9.94. The van der Waals surface area contributed by atoms with Crippen LogP contribution in [0.5, 0.6) is 0 Å². The molecule has 4 rings (SSSR count). The number of nitrogens with one attached hydrogen (secondary N) is 1. The molecule has 3 aromatic rings. The number of hydrogen-bond acceptors (Lipinski definition) is 2. The molecule has 0 aromatic heterocycles. The Kier molecular flexibility index (Phi) is 8.96. The third-order valence-corrected chi connectivity index (χ3v) is 6.94. The van der Waals surface area contributed by atoms with Crippen LogP contribution in [0.15, 0.2) is 84.9 Å². The summed E-state index contributed by atoms with van der Waals surface area (Å²) in [5.74, 6) is -0.142. The Morgan fingerprint density at radius 3 is 2.03 bits per heavy atom. The molecule has 1 fully saturated rings. The van der Waals surface area contributed by atoms with Crippen molar-refractivity contribution in [1.29, 1.82) is 0 Å². The quantitative estimate of drug-likeness (QED) is 0.403. The molecule has 0 radical (unpaired) electrons. The molecule has 0 spiro atoms. The van der Waals surface area contributed by atoms with E-state index in [4.69, 9.17) is 11.6 Å². The lowest BCUT2D eigenvalue weighted by Crippen LogP contribution is -2.53. The predicted molar refractivity (Wildman–Crippen MR) is 141 cm³/mol. The molecule has 1 unspecified atom stereocenters. The molecule has 35 heavy (non-hydrogen) atoms. The van der Waals surface area contributed by atoms with Crippen molar-refractivity contribution in [3.8, 4) is 0 Å². The molecule has 1 aliphatic carbocycles. The monoisotopic (exact) mass is 488 g/mol. The first-order valence-electron chi connectivity index (χ1n) is 12.5. The maximum atomic E-state index is 13.7. The molecular weight excluding hydrogens is 456 g/mol. The van der Waals surface area contributed by atoms with Crippen LogP contribution in [-0.2, 0) is 29.0 Å². The Bertz CT molecular complexity index is 1080. The molecule has 1 atom stereocenters. The molecule has 0 saturated heterocycles. The molecule has 1 aliphatic rings. The highest BCUT2D eigenvalue weighted by Crippen LogP contribution is 2.20. The van der Waals surface area contributed by atoms with Crippen molar-refractivity contribution >= 4 is 23.4 Å². The third kappa shape index (κ3) is 7.43. The van der Waals surface area contributed by atoms with Crippen molar-refractivity contribution in [3.05, 3.63) is 107 Å². The number of rotatable bonds is 9. The molecule has 0 bridgehead atoms. The summed E-state index contributed by atoms with van der Waals surface area (Å²) in [4.78, 5) is 29.2. The topological polar surface area (TPSA) is 49.4 Å². The van der Waals surface area contributed by atoms with E-state index in [-0.39, 0.29) is 24.3 Å². The zero-order valence-corrected chi connectivity index (χ0v) is 20.8. The third-order valence-electron chi connectivity index (χ3n) is 6.69. The van der Waals surface area contributed by atoms with Crippen LogP contribution < -0.4 is 5.32 Å². The average Bonchev–Trinajstić information content (AvgIpc) is 2.89. The lowest BCUT2D eigenvalue weighted by Gasteiger charge is -2.33. The Morgan fingerprint density at radius 2 is 1.40 bits per heavy atom. The minimum absolute atomic E-state index is 0.0684. The number of carbonyl (C=O) groups excluding carboxylic acids is 2. The summed E-state index contributed by atoms with van der Waals surface area (Å²) in [5, 5.41) is 3.92. The average molecular weight is 489 g/mol. The van der Waals surface area contributed by atoms with Crippen molar-refractivity contribution in [1.82, 2.24) is 10.2 Å². The predicted octanol–water partition coefficient (Wildman–Crippen LogP) is 5.97. The maximum absolute atomic E-state index is 13.7. The zero-order valence-electron chi connectivity index (χ0n) is 20.0. The summed E-state index contributed by atoms with van der Waals surface area (Å²) >= 11 is 6.04. The molecule has 1 N–H and O–H groups in total. The van der Waals surface area contributed by atoms with Gasteiger partial charge in [0.15, 0.2) is 0 Å². The second-order valence-electron chi connectivity index (χ2n) is 9.36. The molecule has 2 amide bonds. The van der Waals surface area contributed by atoms with Gasteiger partial charge in [-0.05, 0) is 41.7 Å². The van der Waals surface area contributed by atoms with Crippen LogP contribution in [0.25, 0.3) is 0 Å². The van der Waals surface area contributed by atoms with Crippen molar-refractivity contribution in [2.75, 3.05) is 0 Å². The second kappa shape index (κ2) is 12.6. The van der Waals surface area contributed by atoms with Gasteiger partial charge in [0.1, 0.15) is 6.04 Å². The van der Waals surface area contributed by atoms with Crippen LogP contribution in [-0.4, -0.2) is 28.8 Å². The van der Waals surface area contributed by atoms with Crippen LogP contribution in [0, 0.1) is 0 Å². The summed E-state index contributed by atoms with van der Waals surface area (Å²) in [7, 11) is 0. The van der Waals surface area contributed by atoms with Gasteiger partial charge in [-0.2, -0.15) is 0 Å². The number of amides is 2. The van der Waals surface area contributed by atoms with Gasteiger partial charge in [0.05, 0.1) is 6.42 Å². The van der Waals surface area contributed by atoms with Crippen LogP contribution >= 0.6 is 11.6 Å². The second-order valence-corrected chi connectivity index (χ2v) is 9.80. The standard InChI is InChI=1S/C30H33ClN2O2/c31-26-18-16-24(17-19-26)21-29(34)33(22-25-12-6-2-7-13-25)28(20-23-10-4-1-5-11-23)30(35)32-27-14-8-3-9-15-27/h1-2,4-7,10-13,16-19,27-28H,3,8-9,14-15,20-22H2,(H,32,35). The molecular formula is C30H33ClN2O2. The lowest BCUT2D eigenvalue weighted by molar-refractivity contribution is -0.141. The summed E-state index contributed by atoms with van der Waals surface area (Å²) in [6, 6.07) is 26.8. The van der Waals surface area contributed by atoms with Gasteiger partial charge in [-0.3, -0.25) is 9.59 Å². The number of nitrogens with zero attached hydrogens (tertiary/aromatic N) is 1. The van der Waals surface area contributed by atoms with Crippen molar-refractivity contribution in [2.45, 2.75) is 63.6 Å². The van der Waals surface area contributed by atoms with Gasteiger partial charge in [0.25, 0.3) is 0 Å². The molecule has 182 valence electrons. The highest BCUT2D eigenvalue weighted by molar-refractivity contribution is 6.30.